The van der Waals surface area contributed by atoms with E-state index in [0.29, 0.717) is 13.0 Å². The lowest BCUT2D eigenvalue weighted by Crippen LogP contribution is -2.44. The highest BCUT2D eigenvalue weighted by molar-refractivity contribution is 5.78. The maximum atomic E-state index is 11.7. The fourth-order valence-electron chi connectivity index (χ4n) is 1.93. The Bertz CT molecular complexity index is 238. The summed E-state index contributed by atoms with van der Waals surface area (Å²) < 4.78 is 0. The van der Waals surface area contributed by atoms with E-state index in [1.165, 1.54) is 0 Å². The van der Waals surface area contributed by atoms with E-state index in [-0.39, 0.29) is 17.6 Å². The van der Waals surface area contributed by atoms with Gasteiger partial charge in [0.05, 0.1) is 6.10 Å². The molecule has 1 heterocycles. The van der Waals surface area contributed by atoms with Crippen LogP contribution >= 0.6 is 0 Å². The fourth-order valence-corrected chi connectivity index (χ4v) is 1.93. The number of amides is 1. The Morgan fingerprint density at radius 1 is 1.57 bits per heavy atom. The molecule has 2 rings (SSSR count). The van der Waals surface area contributed by atoms with Gasteiger partial charge in [-0.15, -0.1) is 0 Å². The van der Waals surface area contributed by atoms with Gasteiger partial charge in [0.25, 0.3) is 0 Å². The quantitative estimate of drug-likeness (QED) is 0.648. The van der Waals surface area contributed by atoms with Crippen LogP contribution in [-0.2, 0) is 4.79 Å². The van der Waals surface area contributed by atoms with Crippen LogP contribution in [0.2, 0.25) is 0 Å². The molecule has 1 aliphatic carbocycles. The van der Waals surface area contributed by atoms with Crippen molar-refractivity contribution in [1.29, 1.82) is 0 Å². The average Bonchev–Trinajstić information content (AvgIpc) is 2.83. The third-order valence-electron chi connectivity index (χ3n) is 3.14. The van der Waals surface area contributed by atoms with Gasteiger partial charge in [0.2, 0.25) is 5.91 Å². The summed E-state index contributed by atoms with van der Waals surface area (Å²) in [5.41, 5.74) is 5.67. The van der Waals surface area contributed by atoms with Crippen LogP contribution in [0.3, 0.4) is 0 Å². The van der Waals surface area contributed by atoms with E-state index in [2.05, 4.69) is 0 Å². The Morgan fingerprint density at radius 3 is 2.86 bits per heavy atom. The molecule has 0 aromatic heterocycles. The zero-order valence-electron chi connectivity index (χ0n) is 8.41. The van der Waals surface area contributed by atoms with Gasteiger partial charge in [-0.1, -0.05) is 0 Å². The highest BCUT2D eigenvalue weighted by Crippen LogP contribution is 2.36. The van der Waals surface area contributed by atoms with Crippen molar-refractivity contribution >= 4 is 5.91 Å². The third kappa shape index (κ3) is 2.25. The van der Waals surface area contributed by atoms with Crippen LogP contribution in [0, 0.1) is 0 Å². The molecule has 1 saturated carbocycles. The summed E-state index contributed by atoms with van der Waals surface area (Å²) in [5.74, 6) is 0.115. The SMILES string of the molecule is NC1(CC(=O)N2CCCC(O)C2)CC1. The molecule has 0 spiro atoms. The van der Waals surface area contributed by atoms with Crippen LogP contribution in [0.15, 0.2) is 0 Å². The van der Waals surface area contributed by atoms with Gasteiger partial charge >= 0.3 is 0 Å². The van der Waals surface area contributed by atoms with Crippen molar-refractivity contribution in [2.75, 3.05) is 13.1 Å². The summed E-state index contributed by atoms with van der Waals surface area (Å²) in [6.45, 7) is 1.28. The van der Waals surface area contributed by atoms with Crippen LogP contribution in [0.4, 0.5) is 0 Å². The van der Waals surface area contributed by atoms with Crippen LogP contribution in [0.5, 0.6) is 0 Å². The van der Waals surface area contributed by atoms with E-state index in [1.807, 2.05) is 0 Å². The van der Waals surface area contributed by atoms with Crippen molar-refractivity contribution < 1.29 is 9.90 Å². The van der Waals surface area contributed by atoms with Crippen molar-refractivity contribution in [2.45, 2.75) is 43.7 Å². The highest BCUT2D eigenvalue weighted by Gasteiger charge is 2.41. The van der Waals surface area contributed by atoms with Gasteiger partial charge < -0.3 is 15.7 Å². The Labute approximate surface area is 84.1 Å². The van der Waals surface area contributed by atoms with E-state index >= 15 is 0 Å². The summed E-state index contributed by atoms with van der Waals surface area (Å²) in [5, 5.41) is 9.42. The number of carbonyl (C=O) groups is 1. The molecule has 1 saturated heterocycles. The van der Waals surface area contributed by atoms with Gasteiger partial charge in [0.1, 0.15) is 0 Å². The summed E-state index contributed by atoms with van der Waals surface area (Å²) in [4.78, 5) is 13.5. The second kappa shape index (κ2) is 3.51. The molecule has 0 bridgehead atoms. The molecule has 2 fully saturated rings. The van der Waals surface area contributed by atoms with Gasteiger partial charge in [0, 0.05) is 25.0 Å². The number of piperidine rings is 1. The summed E-state index contributed by atoms with van der Waals surface area (Å²) >= 11 is 0. The third-order valence-corrected chi connectivity index (χ3v) is 3.14. The number of rotatable bonds is 2. The predicted molar refractivity (Wildman–Crippen MR) is 52.6 cm³/mol. The minimum atomic E-state index is -0.333. The zero-order chi connectivity index (χ0) is 10.2. The van der Waals surface area contributed by atoms with Gasteiger partial charge in [-0.3, -0.25) is 4.79 Å². The van der Waals surface area contributed by atoms with Crippen molar-refractivity contribution in [2.24, 2.45) is 5.73 Å². The predicted octanol–water partition coefficient (Wildman–Crippen LogP) is -0.149. The van der Waals surface area contributed by atoms with E-state index in [0.717, 1.165) is 32.2 Å². The summed E-state index contributed by atoms with van der Waals surface area (Å²) in [7, 11) is 0. The van der Waals surface area contributed by atoms with Crippen LogP contribution in [-0.4, -0.2) is 40.6 Å². The van der Waals surface area contributed by atoms with Crippen molar-refractivity contribution in [3.63, 3.8) is 0 Å². The van der Waals surface area contributed by atoms with Crippen molar-refractivity contribution in [3.8, 4) is 0 Å². The van der Waals surface area contributed by atoms with E-state index in [9.17, 15) is 9.90 Å². The molecule has 2 aliphatic rings. The average molecular weight is 198 g/mol. The number of nitrogens with zero attached hydrogens (tertiary/aromatic N) is 1. The highest BCUT2D eigenvalue weighted by atomic mass is 16.3. The molecule has 80 valence electrons. The van der Waals surface area contributed by atoms with Gasteiger partial charge in [-0.2, -0.15) is 0 Å². The number of hydrogen-bond acceptors (Lipinski definition) is 3. The summed E-state index contributed by atoms with van der Waals surface area (Å²) in [6, 6.07) is 0. The van der Waals surface area contributed by atoms with Gasteiger partial charge in [0.15, 0.2) is 0 Å². The second-order valence-electron chi connectivity index (χ2n) is 4.67. The monoisotopic (exact) mass is 198 g/mol. The Balaban J connectivity index is 1.84. The minimum absolute atomic E-state index is 0.115. The topological polar surface area (TPSA) is 66.6 Å². The number of aliphatic hydroxyl groups is 1. The van der Waals surface area contributed by atoms with Crippen LogP contribution in [0.25, 0.3) is 0 Å². The first kappa shape index (κ1) is 9.93. The maximum absolute atomic E-state index is 11.7. The first-order valence-corrected chi connectivity index (χ1v) is 5.34. The van der Waals surface area contributed by atoms with Crippen molar-refractivity contribution in [3.05, 3.63) is 0 Å². The molecular weight excluding hydrogens is 180 g/mol. The Morgan fingerprint density at radius 2 is 2.29 bits per heavy atom. The second-order valence-corrected chi connectivity index (χ2v) is 4.67. The molecule has 0 aromatic rings. The number of carbonyl (C=O) groups excluding carboxylic acids is 1. The Kier molecular flexibility index (Phi) is 2.49. The van der Waals surface area contributed by atoms with E-state index < -0.39 is 0 Å². The first-order valence-electron chi connectivity index (χ1n) is 5.34. The lowest BCUT2D eigenvalue weighted by Gasteiger charge is -2.30. The number of aliphatic hydroxyl groups excluding tert-OH is 1. The number of hydrogen-bond donors (Lipinski definition) is 2. The zero-order valence-corrected chi connectivity index (χ0v) is 8.41. The normalized spacial score (nSPS) is 30.1. The number of likely N-dealkylation sites (tertiary alicyclic amines) is 1. The molecule has 1 amide bonds. The van der Waals surface area contributed by atoms with Crippen LogP contribution in [0.1, 0.15) is 32.1 Å². The van der Waals surface area contributed by atoms with E-state index in [1.54, 1.807) is 4.90 Å². The molecule has 0 aromatic carbocycles. The molecule has 4 nitrogen and oxygen atoms in total. The van der Waals surface area contributed by atoms with Gasteiger partial charge in [-0.25, -0.2) is 0 Å². The lowest BCUT2D eigenvalue weighted by molar-refractivity contribution is -0.134. The van der Waals surface area contributed by atoms with Crippen molar-refractivity contribution in [1.82, 2.24) is 4.90 Å². The largest absolute Gasteiger partial charge is 0.391 e. The Hall–Kier alpha value is -0.610. The van der Waals surface area contributed by atoms with E-state index in [4.69, 9.17) is 5.73 Å². The number of nitrogens with two attached hydrogens (primary N) is 1. The fraction of sp³-hybridized carbons (Fsp3) is 0.900. The molecule has 0 radical (unpaired) electrons. The number of β-amino-alcohol motifs (C(OH)–C–C–N with tert-alkyl or cyclic N) is 1. The molecule has 1 unspecified atom stereocenters. The molecule has 1 aliphatic heterocycles. The first-order chi connectivity index (χ1) is 6.59. The maximum Gasteiger partial charge on any atom is 0.224 e. The molecular formula is C10H18N2O2. The standard InChI is InChI=1S/C10H18N2O2/c11-10(3-4-10)6-9(14)12-5-1-2-8(13)7-12/h8,13H,1-7,11H2. The van der Waals surface area contributed by atoms with Crippen LogP contribution < -0.4 is 5.73 Å². The minimum Gasteiger partial charge on any atom is -0.391 e. The molecule has 14 heavy (non-hydrogen) atoms. The van der Waals surface area contributed by atoms with Gasteiger partial charge in [-0.05, 0) is 25.7 Å². The molecule has 1 atom stereocenters. The smallest absolute Gasteiger partial charge is 0.224 e. The lowest BCUT2D eigenvalue weighted by atomic mass is 10.1. The molecule has 4 heteroatoms. The molecule has 3 N–H and O–H groups in total. The summed E-state index contributed by atoms with van der Waals surface area (Å²) in [6.07, 6.45) is 3.78.